The van der Waals surface area contributed by atoms with E-state index in [1.165, 1.54) is 48.2 Å². The number of carboxylic acid groups (broad SMARTS) is 2. The zero-order chi connectivity index (χ0) is 25.8. The quantitative estimate of drug-likeness (QED) is 0.216. The lowest BCUT2D eigenvalue weighted by Gasteiger charge is -2.23. The minimum absolute atomic E-state index is 0.0659. The van der Waals surface area contributed by atoms with E-state index in [1.807, 2.05) is 12.5 Å². The molecule has 0 bridgehead atoms. The van der Waals surface area contributed by atoms with E-state index in [-0.39, 0.29) is 22.8 Å². The average molecular weight is 521 g/mol. The van der Waals surface area contributed by atoms with Gasteiger partial charge in [0, 0.05) is 5.69 Å². The zero-order valence-electron chi connectivity index (χ0n) is 19.4. The van der Waals surface area contributed by atoms with Gasteiger partial charge in [-0.25, -0.2) is 14.4 Å². The lowest BCUT2D eigenvalue weighted by molar-refractivity contribution is -0.139. The largest absolute Gasteiger partial charge is 0.478 e. The summed E-state index contributed by atoms with van der Waals surface area (Å²) in [4.78, 5) is 48.0. The summed E-state index contributed by atoms with van der Waals surface area (Å²) in [5, 5.41) is 24.0. The Hall–Kier alpha value is -3.18. The Morgan fingerprint density at radius 2 is 1.29 bits per heavy atom. The highest BCUT2D eigenvalue weighted by molar-refractivity contribution is 7.98. The molecule has 2 unspecified atom stereocenters. The van der Waals surface area contributed by atoms with Crippen LogP contribution in [0.3, 0.4) is 0 Å². The summed E-state index contributed by atoms with van der Waals surface area (Å²) in [6.45, 7) is 0. The van der Waals surface area contributed by atoms with Crippen LogP contribution in [0.4, 0.5) is 5.69 Å². The maximum Gasteiger partial charge on any atom is 0.335 e. The number of carboxylic acids is 2. The Labute approximate surface area is 212 Å². The fraction of sp³-hybridized carbons (Fsp3) is 0.333. The molecule has 0 aliphatic rings. The van der Waals surface area contributed by atoms with Gasteiger partial charge < -0.3 is 25.6 Å². The lowest BCUT2D eigenvalue weighted by atomic mass is 10.1. The standard InChI is InChI=1S/C24H28N2O7S2/c1-34-13-11-19(25-17-7-3-15(4-8-17)22(28)29)21(27)26-20(12-14-35-2)24(32)33-18-9-5-16(6-10-18)23(30)31/h3-10,19-20,25H,11-14H2,1-2H3,(H,26,27)(H,28,29)(H,30,31). The van der Waals surface area contributed by atoms with Gasteiger partial charge in [-0.05, 0) is 85.4 Å². The number of aromatic carboxylic acids is 2. The summed E-state index contributed by atoms with van der Waals surface area (Å²) in [6, 6.07) is 9.95. The van der Waals surface area contributed by atoms with Gasteiger partial charge in [0.25, 0.3) is 0 Å². The molecule has 4 N–H and O–H groups in total. The summed E-state index contributed by atoms with van der Waals surface area (Å²) < 4.78 is 5.39. The van der Waals surface area contributed by atoms with Gasteiger partial charge in [0.1, 0.15) is 17.8 Å². The zero-order valence-corrected chi connectivity index (χ0v) is 21.0. The molecule has 11 heteroatoms. The molecule has 2 aromatic rings. The normalized spacial score (nSPS) is 12.3. The van der Waals surface area contributed by atoms with Crippen molar-refractivity contribution in [3.63, 3.8) is 0 Å². The van der Waals surface area contributed by atoms with Crippen LogP contribution in [0.5, 0.6) is 5.75 Å². The number of hydrogen-bond donors (Lipinski definition) is 4. The van der Waals surface area contributed by atoms with Gasteiger partial charge >= 0.3 is 17.9 Å². The molecule has 9 nitrogen and oxygen atoms in total. The number of thioether (sulfide) groups is 2. The number of ether oxygens (including phenoxy) is 1. The Morgan fingerprint density at radius 3 is 1.77 bits per heavy atom. The van der Waals surface area contributed by atoms with Crippen LogP contribution in [0.15, 0.2) is 48.5 Å². The first-order chi connectivity index (χ1) is 16.7. The van der Waals surface area contributed by atoms with Crippen LogP contribution >= 0.6 is 23.5 Å². The molecule has 2 aromatic carbocycles. The molecule has 2 atom stereocenters. The third-order valence-electron chi connectivity index (χ3n) is 4.93. The smallest absolute Gasteiger partial charge is 0.335 e. The first-order valence-electron chi connectivity index (χ1n) is 10.7. The van der Waals surface area contributed by atoms with Crippen molar-refractivity contribution in [2.75, 3.05) is 29.3 Å². The van der Waals surface area contributed by atoms with Crippen molar-refractivity contribution in [1.82, 2.24) is 5.32 Å². The van der Waals surface area contributed by atoms with E-state index in [2.05, 4.69) is 10.6 Å². The summed E-state index contributed by atoms with van der Waals surface area (Å²) in [7, 11) is 0. The van der Waals surface area contributed by atoms with Gasteiger partial charge in [-0.3, -0.25) is 4.79 Å². The summed E-state index contributed by atoms with van der Waals surface area (Å²) in [5.74, 6) is -1.68. The Kier molecular flexibility index (Phi) is 11.4. The number of amides is 1. The summed E-state index contributed by atoms with van der Waals surface area (Å²) in [6.07, 6.45) is 4.64. The van der Waals surface area contributed by atoms with E-state index in [4.69, 9.17) is 14.9 Å². The first-order valence-corrected chi connectivity index (χ1v) is 13.5. The third-order valence-corrected chi connectivity index (χ3v) is 6.22. The van der Waals surface area contributed by atoms with Crippen molar-refractivity contribution in [3.05, 3.63) is 59.7 Å². The number of carbonyl (C=O) groups excluding carboxylic acids is 2. The molecule has 1 amide bonds. The van der Waals surface area contributed by atoms with Crippen LogP contribution in [-0.2, 0) is 9.59 Å². The van der Waals surface area contributed by atoms with Gasteiger partial charge in [0.05, 0.1) is 11.1 Å². The molecule has 0 saturated carbocycles. The first kappa shape index (κ1) is 28.1. The van der Waals surface area contributed by atoms with Crippen molar-refractivity contribution >= 4 is 53.0 Å². The molecule has 0 saturated heterocycles. The number of hydrogen-bond acceptors (Lipinski definition) is 8. The van der Waals surface area contributed by atoms with Gasteiger partial charge in [-0.15, -0.1) is 0 Å². The minimum Gasteiger partial charge on any atom is -0.478 e. The van der Waals surface area contributed by atoms with Crippen molar-refractivity contribution in [2.24, 2.45) is 0 Å². The van der Waals surface area contributed by atoms with Crippen molar-refractivity contribution < 1.29 is 34.1 Å². The van der Waals surface area contributed by atoms with Gasteiger partial charge in [0.15, 0.2) is 0 Å². The second-order valence-corrected chi connectivity index (χ2v) is 9.43. The van der Waals surface area contributed by atoms with E-state index in [9.17, 15) is 19.2 Å². The molecule has 0 aromatic heterocycles. The molecule has 2 rings (SSSR count). The molecular weight excluding hydrogens is 492 g/mol. The highest BCUT2D eigenvalue weighted by Crippen LogP contribution is 2.16. The SMILES string of the molecule is CSCCC(Nc1ccc(C(=O)O)cc1)C(=O)NC(CCSC)C(=O)Oc1ccc(C(=O)O)cc1. The highest BCUT2D eigenvalue weighted by Gasteiger charge is 2.27. The van der Waals surface area contributed by atoms with Crippen LogP contribution in [0.2, 0.25) is 0 Å². The maximum absolute atomic E-state index is 13.1. The number of nitrogens with one attached hydrogen (secondary N) is 2. The molecule has 188 valence electrons. The van der Waals surface area contributed by atoms with Crippen LogP contribution in [-0.4, -0.2) is 70.1 Å². The monoisotopic (exact) mass is 520 g/mol. The lowest BCUT2D eigenvalue weighted by Crippen LogP contribution is -2.49. The fourth-order valence-electron chi connectivity index (χ4n) is 3.02. The van der Waals surface area contributed by atoms with Crippen LogP contribution in [0.25, 0.3) is 0 Å². The molecule has 35 heavy (non-hydrogen) atoms. The molecule has 0 aliphatic heterocycles. The minimum atomic E-state index is -1.09. The number of carbonyl (C=O) groups is 4. The van der Waals surface area contributed by atoms with Crippen LogP contribution < -0.4 is 15.4 Å². The number of benzene rings is 2. The summed E-state index contributed by atoms with van der Waals surface area (Å²) >= 11 is 3.10. The second kappa shape index (κ2) is 14.3. The van der Waals surface area contributed by atoms with E-state index in [0.29, 0.717) is 30.0 Å². The molecular formula is C24H28N2O7S2. The molecule has 0 radical (unpaired) electrons. The van der Waals surface area contributed by atoms with Crippen LogP contribution in [0, 0.1) is 0 Å². The third kappa shape index (κ3) is 9.18. The maximum atomic E-state index is 13.1. The van der Waals surface area contributed by atoms with E-state index < -0.39 is 30.0 Å². The topological polar surface area (TPSA) is 142 Å². The predicted octanol–water partition coefficient (Wildman–Crippen LogP) is 3.46. The second-order valence-electron chi connectivity index (χ2n) is 7.45. The molecule has 0 fully saturated rings. The number of esters is 1. The fourth-order valence-corrected chi connectivity index (χ4v) is 3.97. The van der Waals surface area contributed by atoms with E-state index in [1.54, 1.807) is 23.9 Å². The Balaban J connectivity index is 2.12. The Morgan fingerprint density at radius 1 is 0.800 bits per heavy atom. The average Bonchev–Trinajstić information content (AvgIpc) is 2.84. The number of anilines is 1. The Bertz CT molecular complexity index is 1010. The molecule has 0 aliphatic carbocycles. The predicted molar refractivity (Wildman–Crippen MR) is 138 cm³/mol. The van der Waals surface area contributed by atoms with Crippen molar-refractivity contribution in [1.29, 1.82) is 0 Å². The van der Waals surface area contributed by atoms with Crippen molar-refractivity contribution in [2.45, 2.75) is 24.9 Å². The van der Waals surface area contributed by atoms with Crippen LogP contribution in [0.1, 0.15) is 33.6 Å². The molecule has 0 spiro atoms. The number of rotatable bonds is 14. The van der Waals surface area contributed by atoms with E-state index >= 15 is 0 Å². The molecule has 0 heterocycles. The van der Waals surface area contributed by atoms with Crippen molar-refractivity contribution in [3.8, 4) is 5.75 Å². The van der Waals surface area contributed by atoms with Gasteiger partial charge in [0.2, 0.25) is 5.91 Å². The summed E-state index contributed by atoms with van der Waals surface area (Å²) in [5.41, 5.74) is 0.783. The van der Waals surface area contributed by atoms with E-state index in [0.717, 1.165) is 0 Å². The van der Waals surface area contributed by atoms with Gasteiger partial charge in [-0.1, -0.05) is 0 Å². The highest BCUT2D eigenvalue weighted by atomic mass is 32.2. The van der Waals surface area contributed by atoms with Gasteiger partial charge in [-0.2, -0.15) is 23.5 Å².